The molecule has 1 N–H and O–H groups in total. The van der Waals surface area contributed by atoms with Gasteiger partial charge < -0.3 is 5.11 Å². The molecule has 1 aliphatic heterocycles. The number of piperidine rings is 1. The average Bonchev–Trinajstić information content (AvgIpc) is 3.19. The zero-order valence-corrected chi connectivity index (χ0v) is 18.7. The second-order valence-electron chi connectivity index (χ2n) is 8.58. The van der Waals surface area contributed by atoms with Crippen LogP contribution >= 0.6 is 0 Å². The van der Waals surface area contributed by atoms with Gasteiger partial charge in [0.05, 0.1) is 22.5 Å². The molecule has 0 saturated carbocycles. The molecule has 9 heteroatoms. The lowest BCUT2D eigenvalue weighted by Gasteiger charge is -2.43. The Bertz CT molecular complexity index is 1400. The van der Waals surface area contributed by atoms with Crippen LogP contribution in [0.2, 0.25) is 0 Å². The summed E-state index contributed by atoms with van der Waals surface area (Å²) >= 11 is 0. The van der Waals surface area contributed by atoms with E-state index in [1.165, 1.54) is 22.5 Å². The quantitative estimate of drug-likeness (QED) is 0.635. The number of aromatic nitrogens is 2. The van der Waals surface area contributed by atoms with Crippen molar-refractivity contribution in [2.24, 2.45) is 5.41 Å². The molecule has 1 aromatic heterocycles. The zero-order chi connectivity index (χ0) is 23.4. The van der Waals surface area contributed by atoms with Gasteiger partial charge in [-0.05, 0) is 78.9 Å². The van der Waals surface area contributed by atoms with Crippen LogP contribution in [0.3, 0.4) is 0 Å². The number of rotatable bonds is 4. The number of sulfonamides is 1. The van der Waals surface area contributed by atoms with Crippen molar-refractivity contribution in [2.45, 2.75) is 24.7 Å². The molecule has 0 amide bonds. The molecule has 2 heterocycles. The molecule has 3 aromatic rings. The summed E-state index contributed by atoms with van der Waals surface area (Å²) in [5.74, 6) is -1.41. The largest absolute Gasteiger partial charge is 0.481 e. The molecule has 0 spiro atoms. The van der Waals surface area contributed by atoms with E-state index in [1.807, 2.05) is 13.0 Å². The van der Waals surface area contributed by atoms with Crippen molar-refractivity contribution in [3.05, 3.63) is 82.9 Å². The van der Waals surface area contributed by atoms with Crippen molar-refractivity contribution < 1.29 is 22.7 Å². The highest BCUT2D eigenvalue weighted by atomic mass is 32.2. The summed E-state index contributed by atoms with van der Waals surface area (Å²) in [4.78, 5) is 12.7. The summed E-state index contributed by atoms with van der Waals surface area (Å²) in [7, 11) is -3.84. The van der Waals surface area contributed by atoms with Crippen LogP contribution in [0.5, 0.6) is 0 Å². The molecule has 7 nitrogen and oxygen atoms in total. The van der Waals surface area contributed by atoms with Gasteiger partial charge in [0.15, 0.2) is 0 Å². The van der Waals surface area contributed by atoms with E-state index >= 15 is 0 Å². The molecule has 0 radical (unpaired) electrons. The lowest BCUT2D eigenvalue weighted by atomic mass is 9.69. The van der Waals surface area contributed by atoms with Gasteiger partial charge in [0.2, 0.25) is 10.0 Å². The molecule has 5 rings (SSSR count). The fraction of sp³-hybridized carbons (Fsp3) is 0.250. The van der Waals surface area contributed by atoms with Gasteiger partial charge in [-0.15, -0.1) is 0 Å². The van der Waals surface area contributed by atoms with Gasteiger partial charge in [0, 0.05) is 13.1 Å². The van der Waals surface area contributed by atoms with Gasteiger partial charge in [-0.3, -0.25) is 4.79 Å². The van der Waals surface area contributed by atoms with Gasteiger partial charge in [-0.25, -0.2) is 17.5 Å². The van der Waals surface area contributed by atoms with E-state index < -0.39 is 21.4 Å². The number of carboxylic acids is 1. The minimum Gasteiger partial charge on any atom is -0.481 e. The topological polar surface area (TPSA) is 92.5 Å². The minimum atomic E-state index is -3.84. The molecule has 170 valence electrons. The van der Waals surface area contributed by atoms with E-state index in [1.54, 1.807) is 41.2 Å². The summed E-state index contributed by atoms with van der Waals surface area (Å²) in [6.07, 6.45) is 3.83. The first-order valence-corrected chi connectivity index (χ1v) is 12.0. The van der Waals surface area contributed by atoms with Crippen molar-refractivity contribution >= 4 is 22.1 Å². The van der Waals surface area contributed by atoms with Crippen LogP contribution in [0.15, 0.2) is 65.2 Å². The first-order chi connectivity index (χ1) is 15.7. The van der Waals surface area contributed by atoms with Crippen LogP contribution in [-0.2, 0) is 21.2 Å². The number of carbonyl (C=O) groups is 1. The van der Waals surface area contributed by atoms with Crippen molar-refractivity contribution in [1.29, 1.82) is 0 Å². The van der Waals surface area contributed by atoms with Crippen LogP contribution in [0.1, 0.15) is 23.2 Å². The van der Waals surface area contributed by atoms with Gasteiger partial charge in [-0.1, -0.05) is 12.1 Å². The SMILES string of the molecule is Cc1cccc(S(=O)(=O)N2CCC3=Cc4c(cnn4-c4ccc(F)cc4)C[C@]3(C(=O)O)C2)c1. The fourth-order valence-corrected chi connectivity index (χ4v) is 6.32. The van der Waals surface area contributed by atoms with E-state index in [-0.39, 0.29) is 30.2 Å². The maximum Gasteiger partial charge on any atom is 0.315 e. The highest BCUT2D eigenvalue weighted by Crippen LogP contribution is 2.45. The number of benzene rings is 2. The van der Waals surface area contributed by atoms with Crippen LogP contribution in [0.25, 0.3) is 11.8 Å². The number of halogens is 1. The number of aryl methyl sites for hydroxylation is 1. The van der Waals surface area contributed by atoms with Gasteiger partial charge >= 0.3 is 5.97 Å². The smallest absolute Gasteiger partial charge is 0.315 e. The Hall–Kier alpha value is -3.30. The number of hydrogen-bond acceptors (Lipinski definition) is 4. The third kappa shape index (κ3) is 3.48. The summed E-state index contributed by atoms with van der Waals surface area (Å²) in [6, 6.07) is 12.5. The lowest BCUT2D eigenvalue weighted by molar-refractivity contribution is -0.147. The minimum absolute atomic E-state index is 0.129. The number of nitrogens with zero attached hydrogens (tertiary/aromatic N) is 3. The molecule has 2 aromatic carbocycles. The average molecular weight is 468 g/mol. The van der Waals surface area contributed by atoms with Crippen molar-refractivity contribution in [3.8, 4) is 5.69 Å². The first kappa shape index (κ1) is 21.5. The van der Waals surface area contributed by atoms with Crippen LogP contribution in [0, 0.1) is 18.2 Å². The first-order valence-electron chi connectivity index (χ1n) is 10.5. The maximum atomic E-state index is 13.3. The van der Waals surface area contributed by atoms with Crippen LogP contribution < -0.4 is 0 Å². The fourth-order valence-electron chi connectivity index (χ4n) is 4.72. The summed E-state index contributed by atoms with van der Waals surface area (Å²) in [5.41, 5.74) is 2.23. The Morgan fingerprint density at radius 1 is 1.18 bits per heavy atom. The highest BCUT2D eigenvalue weighted by Gasteiger charge is 2.51. The maximum absolute atomic E-state index is 13.3. The predicted molar refractivity (Wildman–Crippen MR) is 120 cm³/mol. The van der Waals surface area contributed by atoms with Crippen LogP contribution in [0.4, 0.5) is 4.39 Å². The zero-order valence-electron chi connectivity index (χ0n) is 17.9. The molecule has 33 heavy (non-hydrogen) atoms. The standard InChI is InChI=1S/C24H22FN3O4S/c1-16-3-2-4-21(11-16)33(31,32)27-10-9-18-12-22-17(13-24(18,15-27)23(29)30)14-26-28(22)20-7-5-19(25)6-8-20/h2-8,11-12,14H,9-10,13,15H2,1H3,(H,29,30)/t24-/m0/s1. The van der Waals surface area contributed by atoms with E-state index in [4.69, 9.17) is 0 Å². The van der Waals surface area contributed by atoms with Crippen molar-refractivity contribution in [1.82, 2.24) is 14.1 Å². The Kier molecular flexibility index (Phi) is 4.98. The van der Waals surface area contributed by atoms with Crippen molar-refractivity contribution in [2.75, 3.05) is 13.1 Å². The normalized spacial score (nSPS) is 20.6. The van der Waals surface area contributed by atoms with E-state index in [2.05, 4.69) is 5.10 Å². The Balaban J connectivity index is 1.53. The van der Waals surface area contributed by atoms with Crippen molar-refractivity contribution in [3.63, 3.8) is 0 Å². The Labute approximate surface area is 190 Å². The summed E-state index contributed by atoms with van der Waals surface area (Å²) < 4.78 is 42.9. The predicted octanol–water partition coefficient (Wildman–Crippen LogP) is 3.42. The molecular formula is C24H22FN3O4S. The monoisotopic (exact) mass is 467 g/mol. The van der Waals surface area contributed by atoms with Crippen LogP contribution in [-0.4, -0.2) is 46.7 Å². The molecular weight excluding hydrogens is 445 g/mol. The van der Waals surface area contributed by atoms with E-state index in [0.29, 0.717) is 23.2 Å². The van der Waals surface area contributed by atoms with E-state index in [0.717, 1.165) is 11.3 Å². The third-order valence-corrected chi connectivity index (χ3v) is 8.33. The number of carboxylic acid groups (broad SMARTS) is 1. The van der Waals surface area contributed by atoms with Gasteiger partial charge in [0.1, 0.15) is 11.2 Å². The summed E-state index contributed by atoms with van der Waals surface area (Å²) in [6.45, 7) is 1.86. The van der Waals surface area contributed by atoms with Gasteiger partial charge in [-0.2, -0.15) is 9.40 Å². The number of aliphatic carboxylic acids is 1. The number of hydrogen-bond donors (Lipinski definition) is 1. The molecule has 1 aliphatic carbocycles. The lowest BCUT2D eigenvalue weighted by Crippen LogP contribution is -2.53. The Morgan fingerprint density at radius 3 is 2.64 bits per heavy atom. The second-order valence-corrected chi connectivity index (χ2v) is 10.5. The Morgan fingerprint density at radius 2 is 1.94 bits per heavy atom. The summed E-state index contributed by atoms with van der Waals surface area (Å²) in [5, 5.41) is 14.7. The van der Waals surface area contributed by atoms with Gasteiger partial charge in [0.25, 0.3) is 0 Å². The van der Waals surface area contributed by atoms with E-state index in [9.17, 15) is 22.7 Å². The molecule has 1 atom stereocenters. The number of fused-ring (bicyclic) bond motifs is 2. The molecule has 2 aliphatic rings. The third-order valence-electron chi connectivity index (χ3n) is 6.49. The molecule has 1 saturated heterocycles. The second kappa shape index (κ2) is 7.64. The molecule has 0 bridgehead atoms. The molecule has 1 fully saturated rings. The molecule has 0 unspecified atom stereocenters. The highest BCUT2D eigenvalue weighted by molar-refractivity contribution is 7.89.